The van der Waals surface area contributed by atoms with Crippen molar-refractivity contribution < 1.29 is 17.6 Å². The lowest BCUT2D eigenvalue weighted by Gasteiger charge is -2.10. The van der Waals surface area contributed by atoms with Crippen LogP contribution < -0.4 is 5.32 Å². The lowest BCUT2D eigenvalue weighted by atomic mass is 10.0. The number of rotatable bonds is 3. The smallest absolute Gasteiger partial charge is 0.224 e. The first-order valence-corrected chi connectivity index (χ1v) is 9.13. The van der Waals surface area contributed by atoms with Crippen LogP contribution in [0.15, 0.2) is 22.8 Å². The SMILES string of the molecule is Cc1cc(C)c2c(CC(=O)N[C@H]3CCS(=O)(=O)C3)coc2c1. The highest BCUT2D eigenvalue weighted by atomic mass is 32.2. The van der Waals surface area contributed by atoms with Crippen LogP contribution >= 0.6 is 0 Å². The molecule has 22 heavy (non-hydrogen) atoms. The molecule has 1 atom stereocenters. The van der Waals surface area contributed by atoms with E-state index < -0.39 is 9.84 Å². The fraction of sp³-hybridized carbons (Fsp3) is 0.438. The van der Waals surface area contributed by atoms with E-state index in [-0.39, 0.29) is 29.9 Å². The Hall–Kier alpha value is -1.82. The third-order valence-corrected chi connectivity index (χ3v) is 5.81. The van der Waals surface area contributed by atoms with Gasteiger partial charge in [0.2, 0.25) is 5.91 Å². The highest BCUT2D eigenvalue weighted by Gasteiger charge is 2.29. The Morgan fingerprint density at radius 1 is 1.36 bits per heavy atom. The predicted molar refractivity (Wildman–Crippen MR) is 84.6 cm³/mol. The summed E-state index contributed by atoms with van der Waals surface area (Å²) in [7, 11) is -2.98. The van der Waals surface area contributed by atoms with E-state index in [2.05, 4.69) is 11.4 Å². The maximum atomic E-state index is 12.2. The number of sulfone groups is 1. The first-order chi connectivity index (χ1) is 10.3. The Kier molecular flexibility index (Phi) is 3.72. The van der Waals surface area contributed by atoms with Crippen molar-refractivity contribution >= 4 is 26.7 Å². The number of furan rings is 1. The van der Waals surface area contributed by atoms with E-state index in [0.29, 0.717) is 6.42 Å². The van der Waals surface area contributed by atoms with Crippen LogP contribution in [0.1, 0.15) is 23.1 Å². The second-order valence-corrected chi connectivity index (χ2v) is 8.29. The van der Waals surface area contributed by atoms with Crippen LogP contribution in [0, 0.1) is 13.8 Å². The van der Waals surface area contributed by atoms with Gasteiger partial charge in [-0.3, -0.25) is 4.79 Å². The zero-order valence-electron chi connectivity index (χ0n) is 12.7. The van der Waals surface area contributed by atoms with Crippen molar-refractivity contribution in [1.29, 1.82) is 0 Å². The molecule has 0 saturated carbocycles. The van der Waals surface area contributed by atoms with Crippen LogP contribution in [-0.2, 0) is 21.1 Å². The predicted octanol–water partition coefficient (Wildman–Crippen LogP) is 1.90. The van der Waals surface area contributed by atoms with Gasteiger partial charge in [0.25, 0.3) is 0 Å². The van der Waals surface area contributed by atoms with E-state index in [4.69, 9.17) is 4.42 Å². The minimum Gasteiger partial charge on any atom is -0.464 e. The number of fused-ring (bicyclic) bond motifs is 1. The molecule has 1 saturated heterocycles. The van der Waals surface area contributed by atoms with Gasteiger partial charge in [0.1, 0.15) is 5.58 Å². The molecule has 3 rings (SSSR count). The highest BCUT2D eigenvalue weighted by Crippen LogP contribution is 2.26. The van der Waals surface area contributed by atoms with E-state index in [1.807, 2.05) is 19.9 Å². The van der Waals surface area contributed by atoms with Gasteiger partial charge in [-0.05, 0) is 37.5 Å². The third-order valence-electron chi connectivity index (χ3n) is 4.04. The highest BCUT2D eigenvalue weighted by molar-refractivity contribution is 7.91. The van der Waals surface area contributed by atoms with Crippen LogP contribution in [0.2, 0.25) is 0 Å². The van der Waals surface area contributed by atoms with Gasteiger partial charge in [-0.2, -0.15) is 0 Å². The number of aryl methyl sites for hydroxylation is 2. The molecule has 1 aliphatic heterocycles. The van der Waals surface area contributed by atoms with Gasteiger partial charge in [-0.15, -0.1) is 0 Å². The summed E-state index contributed by atoms with van der Waals surface area (Å²) < 4.78 is 28.4. The van der Waals surface area contributed by atoms with E-state index in [1.54, 1.807) is 6.26 Å². The molecular formula is C16H19NO4S. The molecule has 1 aliphatic rings. The summed E-state index contributed by atoms with van der Waals surface area (Å²) in [5, 5.41) is 3.78. The molecule has 2 heterocycles. The number of carbonyl (C=O) groups excluding carboxylic acids is 1. The van der Waals surface area contributed by atoms with Gasteiger partial charge >= 0.3 is 0 Å². The third kappa shape index (κ3) is 3.02. The molecule has 1 amide bonds. The Bertz CT molecular complexity index is 835. The van der Waals surface area contributed by atoms with Crippen LogP contribution in [0.4, 0.5) is 0 Å². The molecule has 6 heteroatoms. The van der Waals surface area contributed by atoms with Crippen molar-refractivity contribution in [1.82, 2.24) is 5.32 Å². The Balaban J connectivity index is 1.75. The Morgan fingerprint density at radius 3 is 2.82 bits per heavy atom. The maximum absolute atomic E-state index is 12.2. The molecular weight excluding hydrogens is 302 g/mol. The number of carbonyl (C=O) groups is 1. The van der Waals surface area contributed by atoms with Crippen molar-refractivity contribution in [3.63, 3.8) is 0 Å². The van der Waals surface area contributed by atoms with Gasteiger partial charge in [0, 0.05) is 17.0 Å². The standard InChI is InChI=1S/C16H19NO4S/c1-10-5-11(2)16-12(8-21-14(16)6-10)7-15(18)17-13-3-4-22(19,20)9-13/h5-6,8,13H,3-4,7,9H2,1-2H3,(H,17,18)/t13-/m0/s1. The summed E-state index contributed by atoms with van der Waals surface area (Å²) in [5.74, 6) is 0.0402. The maximum Gasteiger partial charge on any atom is 0.224 e. The molecule has 1 N–H and O–H groups in total. The minimum absolute atomic E-state index is 0.0447. The number of amides is 1. The number of hydrogen-bond acceptors (Lipinski definition) is 4. The molecule has 0 bridgehead atoms. The van der Waals surface area contributed by atoms with Crippen molar-refractivity contribution in [3.8, 4) is 0 Å². The number of hydrogen-bond donors (Lipinski definition) is 1. The molecule has 1 aromatic heterocycles. The zero-order chi connectivity index (χ0) is 15.9. The summed E-state index contributed by atoms with van der Waals surface area (Å²) in [6.07, 6.45) is 2.31. The van der Waals surface area contributed by atoms with Crippen LogP contribution in [0.5, 0.6) is 0 Å². The van der Waals surface area contributed by atoms with E-state index in [0.717, 1.165) is 27.7 Å². The molecule has 0 spiro atoms. The minimum atomic E-state index is -2.98. The molecule has 0 aliphatic carbocycles. The summed E-state index contributed by atoms with van der Waals surface area (Å²) in [4.78, 5) is 12.2. The van der Waals surface area contributed by atoms with Crippen molar-refractivity contribution in [2.24, 2.45) is 0 Å². The fourth-order valence-electron chi connectivity index (χ4n) is 3.12. The first kappa shape index (κ1) is 15.1. The normalized spacial score (nSPS) is 20.4. The summed E-state index contributed by atoms with van der Waals surface area (Å²) in [6.45, 7) is 4.00. The molecule has 5 nitrogen and oxygen atoms in total. The van der Waals surface area contributed by atoms with E-state index in [9.17, 15) is 13.2 Å². The summed E-state index contributed by atoms with van der Waals surface area (Å²) in [6, 6.07) is 3.75. The fourth-order valence-corrected chi connectivity index (χ4v) is 4.79. The molecule has 1 aromatic carbocycles. The lowest BCUT2D eigenvalue weighted by Crippen LogP contribution is -2.36. The van der Waals surface area contributed by atoms with E-state index >= 15 is 0 Å². The van der Waals surface area contributed by atoms with Gasteiger partial charge in [0.15, 0.2) is 9.84 Å². The average molecular weight is 321 g/mol. The van der Waals surface area contributed by atoms with Crippen LogP contribution in [0.3, 0.4) is 0 Å². The molecule has 118 valence electrons. The van der Waals surface area contributed by atoms with Crippen molar-refractivity contribution in [2.75, 3.05) is 11.5 Å². The van der Waals surface area contributed by atoms with Crippen molar-refractivity contribution in [3.05, 3.63) is 35.1 Å². The monoisotopic (exact) mass is 321 g/mol. The van der Waals surface area contributed by atoms with E-state index in [1.165, 1.54) is 0 Å². The van der Waals surface area contributed by atoms with Crippen LogP contribution in [0.25, 0.3) is 11.0 Å². The molecule has 0 unspecified atom stereocenters. The van der Waals surface area contributed by atoms with Gasteiger partial charge in [-0.1, -0.05) is 6.07 Å². The summed E-state index contributed by atoms with van der Waals surface area (Å²) >= 11 is 0. The Labute approximate surface area is 129 Å². The largest absolute Gasteiger partial charge is 0.464 e. The summed E-state index contributed by atoms with van der Waals surface area (Å²) in [5.41, 5.74) is 3.82. The molecule has 0 radical (unpaired) electrons. The average Bonchev–Trinajstić information content (AvgIpc) is 2.93. The van der Waals surface area contributed by atoms with Gasteiger partial charge in [0.05, 0.1) is 24.2 Å². The lowest BCUT2D eigenvalue weighted by molar-refractivity contribution is -0.120. The molecule has 2 aromatic rings. The van der Waals surface area contributed by atoms with Crippen molar-refractivity contribution in [2.45, 2.75) is 32.7 Å². The van der Waals surface area contributed by atoms with Gasteiger partial charge in [-0.25, -0.2) is 8.42 Å². The number of nitrogens with one attached hydrogen (secondary N) is 1. The van der Waals surface area contributed by atoms with Gasteiger partial charge < -0.3 is 9.73 Å². The second kappa shape index (κ2) is 5.43. The first-order valence-electron chi connectivity index (χ1n) is 7.31. The Morgan fingerprint density at radius 2 is 2.14 bits per heavy atom. The van der Waals surface area contributed by atoms with Crippen LogP contribution in [-0.4, -0.2) is 31.9 Å². The number of benzene rings is 1. The second-order valence-electron chi connectivity index (χ2n) is 6.06. The zero-order valence-corrected chi connectivity index (χ0v) is 13.5. The quantitative estimate of drug-likeness (QED) is 0.936. The topological polar surface area (TPSA) is 76.4 Å². The molecule has 1 fully saturated rings.